The molecule has 0 bridgehead atoms. The van der Waals surface area contributed by atoms with E-state index in [1.807, 2.05) is 0 Å². The van der Waals surface area contributed by atoms with Crippen LogP contribution in [0.2, 0.25) is 0 Å². The van der Waals surface area contributed by atoms with E-state index in [-0.39, 0.29) is 0 Å². The number of alkyl halides is 6. The van der Waals surface area contributed by atoms with Gasteiger partial charge < -0.3 is 4.74 Å². The van der Waals surface area contributed by atoms with Gasteiger partial charge in [0.15, 0.2) is 0 Å². The summed E-state index contributed by atoms with van der Waals surface area (Å²) in [6.45, 7) is 0. The Kier molecular flexibility index (Phi) is 4.20. The molecule has 0 aliphatic carbocycles. The van der Waals surface area contributed by atoms with Crippen LogP contribution in [-0.2, 0) is 0 Å². The van der Waals surface area contributed by atoms with Gasteiger partial charge in [0.2, 0.25) is 5.78 Å². The molecule has 1 aromatic rings. The van der Waals surface area contributed by atoms with Crippen LogP contribution in [0.25, 0.3) is 0 Å². The van der Waals surface area contributed by atoms with Crippen molar-refractivity contribution < 1.29 is 35.9 Å². The highest BCUT2D eigenvalue weighted by atomic mass is 19.3. The fourth-order valence-corrected chi connectivity index (χ4v) is 1.01. The molecule has 0 amide bonds. The topological polar surface area (TPSA) is 26.3 Å². The molecule has 1 rings (SSSR count). The average Bonchev–Trinajstić information content (AvgIpc) is 2.28. The molecule has 0 saturated heterocycles. The van der Waals surface area contributed by atoms with Crippen molar-refractivity contribution in [2.45, 2.75) is 19.0 Å². The minimum absolute atomic E-state index is 0.433. The molecule has 0 aromatic heterocycles. The number of hydrogen-bond donors (Lipinski definition) is 0. The van der Waals surface area contributed by atoms with Crippen molar-refractivity contribution in [3.63, 3.8) is 0 Å². The van der Waals surface area contributed by atoms with E-state index in [2.05, 4.69) is 4.74 Å². The Morgan fingerprint density at radius 2 is 1.56 bits per heavy atom. The number of carbonyl (C=O) groups is 1. The number of carbonyl (C=O) groups excluding carboxylic acids is 1. The van der Waals surface area contributed by atoms with Gasteiger partial charge in [-0.05, 0) is 24.3 Å². The lowest BCUT2D eigenvalue weighted by Crippen LogP contribution is -2.33. The highest BCUT2D eigenvalue weighted by Crippen LogP contribution is 2.27. The third-order valence-electron chi connectivity index (χ3n) is 1.85. The lowest BCUT2D eigenvalue weighted by molar-refractivity contribution is -0.253. The molecule has 0 heterocycles. The molecular formula is C10H6F6O2. The molecule has 0 spiro atoms. The molecule has 18 heavy (non-hydrogen) atoms. The Hall–Kier alpha value is -1.73. The molecule has 0 radical (unpaired) electrons. The minimum atomic E-state index is -4.69. The van der Waals surface area contributed by atoms with Crippen molar-refractivity contribution in [3.8, 4) is 5.75 Å². The maximum absolute atomic E-state index is 12.5. The molecule has 0 saturated carbocycles. The Labute approximate surface area is 97.2 Å². The Bertz CT molecular complexity index is 415. The first-order valence-corrected chi connectivity index (χ1v) is 4.51. The number of halogens is 6. The zero-order chi connectivity index (χ0) is 13.9. The summed E-state index contributed by atoms with van der Waals surface area (Å²) in [4.78, 5) is 10.8. The predicted octanol–water partition coefficient (Wildman–Crippen LogP) is 3.37. The average molecular weight is 272 g/mol. The standard InChI is InChI=1S/C10H6F6O2/c11-8(12)7(17)5-1-3-6(4-2-5)18-10(15,16)9(13)14/h1-4,8-9H. The number of Topliss-reactive ketones (excluding diaryl/α,β-unsaturated/α-hetero) is 1. The van der Waals surface area contributed by atoms with Crippen molar-refractivity contribution in [2.75, 3.05) is 0 Å². The van der Waals surface area contributed by atoms with Gasteiger partial charge >= 0.3 is 19.0 Å². The van der Waals surface area contributed by atoms with Crippen LogP contribution in [0.5, 0.6) is 5.75 Å². The lowest BCUT2D eigenvalue weighted by atomic mass is 10.1. The van der Waals surface area contributed by atoms with Crippen LogP contribution >= 0.6 is 0 Å². The molecule has 0 N–H and O–H groups in total. The highest BCUT2D eigenvalue weighted by molar-refractivity contribution is 5.98. The lowest BCUT2D eigenvalue weighted by Gasteiger charge is -2.16. The largest absolute Gasteiger partial charge is 0.461 e. The summed E-state index contributed by atoms with van der Waals surface area (Å²) in [6, 6.07) is 3.02. The van der Waals surface area contributed by atoms with Crippen LogP contribution in [0.4, 0.5) is 26.3 Å². The molecule has 0 atom stereocenters. The molecule has 0 aliphatic heterocycles. The number of ether oxygens (including phenoxy) is 1. The van der Waals surface area contributed by atoms with E-state index in [9.17, 15) is 31.1 Å². The van der Waals surface area contributed by atoms with Crippen molar-refractivity contribution in [1.82, 2.24) is 0 Å². The van der Waals surface area contributed by atoms with Gasteiger partial charge in [-0.3, -0.25) is 4.79 Å². The van der Waals surface area contributed by atoms with E-state index in [1.54, 1.807) is 0 Å². The molecule has 0 fully saturated rings. The van der Waals surface area contributed by atoms with Gasteiger partial charge in [0.1, 0.15) is 5.75 Å². The highest BCUT2D eigenvalue weighted by Gasteiger charge is 2.43. The zero-order valence-corrected chi connectivity index (χ0v) is 8.55. The number of rotatable bonds is 5. The van der Waals surface area contributed by atoms with Gasteiger partial charge in [0.25, 0.3) is 0 Å². The molecule has 100 valence electrons. The van der Waals surface area contributed by atoms with Gasteiger partial charge in [0.05, 0.1) is 0 Å². The number of hydrogen-bond acceptors (Lipinski definition) is 2. The van der Waals surface area contributed by atoms with Crippen molar-refractivity contribution in [3.05, 3.63) is 29.8 Å². The summed E-state index contributed by atoms with van der Waals surface area (Å²) in [5.74, 6) is -2.16. The van der Waals surface area contributed by atoms with E-state index in [0.29, 0.717) is 0 Å². The van der Waals surface area contributed by atoms with E-state index < -0.39 is 36.1 Å². The van der Waals surface area contributed by atoms with Crippen LogP contribution in [0.15, 0.2) is 24.3 Å². The maximum Gasteiger partial charge on any atom is 0.461 e. The Morgan fingerprint density at radius 3 is 1.94 bits per heavy atom. The first kappa shape index (κ1) is 14.3. The van der Waals surface area contributed by atoms with Crippen LogP contribution in [0, 0.1) is 0 Å². The summed E-state index contributed by atoms with van der Waals surface area (Å²) >= 11 is 0. The fraction of sp³-hybridized carbons (Fsp3) is 0.300. The van der Waals surface area contributed by atoms with Crippen LogP contribution < -0.4 is 4.74 Å². The summed E-state index contributed by atoms with van der Waals surface area (Å²) in [6.07, 6.45) is -12.0. The van der Waals surface area contributed by atoms with Crippen molar-refractivity contribution in [1.29, 1.82) is 0 Å². The number of benzene rings is 1. The Morgan fingerprint density at radius 1 is 1.06 bits per heavy atom. The fourth-order valence-electron chi connectivity index (χ4n) is 1.01. The third kappa shape index (κ3) is 3.38. The summed E-state index contributed by atoms with van der Waals surface area (Å²) < 4.78 is 76.1. The maximum atomic E-state index is 12.5. The molecular weight excluding hydrogens is 266 g/mol. The van der Waals surface area contributed by atoms with Gasteiger partial charge in [-0.1, -0.05) is 0 Å². The van der Waals surface area contributed by atoms with E-state index in [4.69, 9.17) is 0 Å². The second-order valence-corrected chi connectivity index (χ2v) is 3.15. The van der Waals surface area contributed by atoms with Gasteiger partial charge in [-0.2, -0.15) is 17.6 Å². The second kappa shape index (κ2) is 5.28. The molecule has 2 nitrogen and oxygen atoms in total. The quantitative estimate of drug-likeness (QED) is 0.606. The smallest absolute Gasteiger partial charge is 0.428 e. The van der Waals surface area contributed by atoms with Gasteiger partial charge in [-0.25, -0.2) is 8.78 Å². The first-order chi connectivity index (χ1) is 8.24. The van der Waals surface area contributed by atoms with Gasteiger partial charge in [0, 0.05) is 5.56 Å². The summed E-state index contributed by atoms with van der Waals surface area (Å²) in [7, 11) is 0. The van der Waals surface area contributed by atoms with Gasteiger partial charge in [-0.15, -0.1) is 0 Å². The normalized spacial score (nSPS) is 12.0. The predicted molar refractivity (Wildman–Crippen MR) is 48.4 cm³/mol. The van der Waals surface area contributed by atoms with E-state index in [1.165, 1.54) is 0 Å². The number of ketones is 1. The van der Waals surface area contributed by atoms with Crippen LogP contribution in [0.1, 0.15) is 10.4 Å². The Balaban J connectivity index is 2.81. The molecule has 8 heteroatoms. The molecule has 1 aromatic carbocycles. The summed E-state index contributed by atoms with van der Waals surface area (Å²) in [5.41, 5.74) is -0.433. The minimum Gasteiger partial charge on any atom is -0.428 e. The third-order valence-corrected chi connectivity index (χ3v) is 1.85. The van der Waals surface area contributed by atoms with E-state index in [0.717, 1.165) is 24.3 Å². The van der Waals surface area contributed by atoms with Crippen molar-refractivity contribution >= 4 is 5.78 Å². The SMILES string of the molecule is O=C(c1ccc(OC(F)(F)C(F)F)cc1)C(F)F. The summed E-state index contributed by atoms with van der Waals surface area (Å²) in [5, 5.41) is 0. The monoisotopic (exact) mass is 272 g/mol. The first-order valence-electron chi connectivity index (χ1n) is 4.51. The second-order valence-electron chi connectivity index (χ2n) is 3.15. The molecule has 0 aliphatic rings. The van der Waals surface area contributed by atoms with Crippen molar-refractivity contribution in [2.24, 2.45) is 0 Å². The zero-order valence-electron chi connectivity index (χ0n) is 8.55. The van der Waals surface area contributed by atoms with E-state index >= 15 is 0 Å². The molecule has 0 unspecified atom stereocenters. The van der Waals surface area contributed by atoms with Crippen LogP contribution in [-0.4, -0.2) is 24.7 Å². The van der Waals surface area contributed by atoms with Crippen LogP contribution in [0.3, 0.4) is 0 Å².